The summed E-state index contributed by atoms with van der Waals surface area (Å²) in [5.41, 5.74) is 5.19. The van der Waals surface area contributed by atoms with Gasteiger partial charge in [0.15, 0.2) is 0 Å². The van der Waals surface area contributed by atoms with Gasteiger partial charge in [0.2, 0.25) is 5.95 Å². The lowest BCUT2D eigenvalue weighted by Gasteiger charge is -2.30. The van der Waals surface area contributed by atoms with E-state index in [1.807, 2.05) is 6.20 Å². The van der Waals surface area contributed by atoms with Crippen molar-refractivity contribution in [2.24, 2.45) is 0 Å². The SMILES string of the molecule is Cc1cccc(CN2CCc3nc(N4CCOCC4)ncc3C2)c1. The van der Waals surface area contributed by atoms with Crippen LogP contribution in [0.3, 0.4) is 0 Å². The molecule has 1 fully saturated rings. The van der Waals surface area contributed by atoms with E-state index in [0.717, 1.165) is 58.3 Å². The number of fused-ring (bicyclic) bond motifs is 1. The van der Waals surface area contributed by atoms with Gasteiger partial charge in [0.1, 0.15) is 0 Å². The topological polar surface area (TPSA) is 41.5 Å². The number of nitrogens with zero attached hydrogens (tertiary/aromatic N) is 4. The van der Waals surface area contributed by atoms with Gasteiger partial charge in [0.05, 0.1) is 18.9 Å². The number of morpholine rings is 1. The fourth-order valence-electron chi connectivity index (χ4n) is 3.48. The van der Waals surface area contributed by atoms with Crippen molar-refractivity contribution in [1.82, 2.24) is 14.9 Å². The molecule has 2 aromatic rings. The largest absolute Gasteiger partial charge is 0.378 e. The molecular weight excluding hydrogens is 300 g/mol. The summed E-state index contributed by atoms with van der Waals surface area (Å²) in [5, 5.41) is 0. The van der Waals surface area contributed by atoms with Crippen molar-refractivity contribution >= 4 is 5.95 Å². The average molecular weight is 324 g/mol. The Labute approximate surface area is 143 Å². The fraction of sp³-hybridized carbons (Fsp3) is 0.474. The zero-order chi connectivity index (χ0) is 16.4. The molecule has 2 aliphatic rings. The van der Waals surface area contributed by atoms with E-state index in [1.165, 1.54) is 22.4 Å². The molecule has 0 spiro atoms. The third-order valence-electron chi connectivity index (χ3n) is 4.78. The highest BCUT2D eigenvalue weighted by molar-refractivity contribution is 5.34. The van der Waals surface area contributed by atoms with Crippen molar-refractivity contribution in [3.63, 3.8) is 0 Å². The maximum Gasteiger partial charge on any atom is 0.225 e. The van der Waals surface area contributed by atoms with E-state index in [2.05, 4.69) is 46.0 Å². The minimum atomic E-state index is 0.769. The van der Waals surface area contributed by atoms with Crippen molar-refractivity contribution in [3.05, 3.63) is 52.8 Å². The number of aromatic nitrogens is 2. The highest BCUT2D eigenvalue weighted by Gasteiger charge is 2.21. The maximum atomic E-state index is 5.41. The minimum absolute atomic E-state index is 0.769. The summed E-state index contributed by atoms with van der Waals surface area (Å²) >= 11 is 0. The van der Waals surface area contributed by atoms with Gasteiger partial charge in [0.25, 0.3) is 0 Å². The van der Waals surface area contributed by atoms with E-state index in [1.54, 1.807) is 0 Å². The van der Waals surface area contributed by atoms with Crippen LogP contribution in [0.15, 0.2) is 30.5 Å². The van der Waals surface area contributed by atoms with Gasteiger partial charge in [-0.05, 0) is 12.5 Å². The van der Waals surface area contributed by atoms with Gasteiger partial charge in [-0.3, -0.25) is 4.90 Å². The summed E-state index contributed by atoms with van der Waals surface area (Å²) in [6.45, 7) is 8.45. The van der Waals surface area contributed by atoms with E-state index in [-0.39, 0.29) is 0 Å². The van der Waals surface area contributed by atoms with Crippen LogP contribution in [0.4, 0.5) is 5.95 Å². The average Bonchev–Trinajstić information content (AvgIpc) is 2.62. The predicted molar refractivity (Wildman–Crippen MR) is 94.1 cm³/mol. The fourth-order valence-corrected chi connectivity index (χ4v) is 3.48. The van der Waals surface area contributed by atoms with Crippen molar-refractivity contribution in [2.75, 3.05) is 37.7 Å². The quantitative estimate of drug-likeness (QED) is 0.866. The van der Waals surface area contributed by atoms with E-state index < -0.39 is 0 Å². The highest BCUT2D eigenvalue weighted by Crippen LogP contribution is 2.21. The van der Waals surface area contributed by atoms with Crippen LogP contribution in [-0.2, 0) is 24.2 Å². The highest BCUT2D eigenvalue weighted by atomic mass is 16.5. The van der Waals surface area contributed by atoms with Gasteiger partial charge in [0, 0.05) is 50.9 Å². The lowest BCUT2D eigenvalue weighted by molar-refractivity contribution is 0.122. The molecule has 4 rings (SSSR count). The number of ether oxygens (including phenoxy) is 1. The number of benzene rings is 1. The van der Waals surface area contributed by atoms with Crippen molar-refractivity contribution in [1.29, 1.82) is 0 Å². The molecule has 0 bridgehead atoms. The smallest absolute Gasteiger partial charge is 0.225 e. The molecule has 2 aliphatic heterocycles. The van der Waals surface area contributed by atoms with Crippen LogP contribution in [0.25, 0.3) is 0 Å². The van der Waals surface area contributed by atoms with E-state index in [4.69, 9.17) is 9.72 Å². The third kappa shape index (κ3) is 3.42. The van der Waals surface area contributed by atoms with Gasteiger partial charge < -0.3 is 9.64 Å². The number of hydrogen-bond acceptors (Lipinski definition) is 5. The Morgan fingerprint density at radius 3 is 2.88 bits per heavy atom. The molecule has 5 heteroatoms. The molecule has 0 N–H and O–H groups in total. The number of anilines is 1. The van der Waals surface area contributed by atoms with Crippen LogP contribution in [0.1, 0.15) is 22.4 Å². The molecular formula is C19H24N4O. The maximum absolute atomic E-state index is 5.41. The minimum Gasteiger partial charge on any atom is -0.378 e. The number of rotatable bonds is 3. The molecule has 1 aromatic carbocycles. The Morgan fingerprint density at radius 2 is 2.04 bits per heavy atom. The van der Waals surface area contributed by atoms with Crippen LogP contribution in [0.5, 0.6) is 0 Å². The van der Waals surface area contributed by atoms with Crippen LogP contribution >= 0.6 is 0 Å². The normalized spacial score (nSPS) is 18.5. The Hall–Kier alpha value is -1.98. The predicted octanol–water partition coefficient (Wildman–Crippen LogP) is 2.18. The second-order valence-corrected chi connectivity index (χ2v) is 6.69. The van der Waals surface area contributed by atoms with Gasteiger partial charge in [-0.15, -0.1) is 0 Å². The molecule has 126 valence electrons. The van der Waals surface area contributed by atoms with Crippen molar-refractivity contribution in [3.8, 4) is 0 Å². The molecule has 0 radical (unpaired) electrons. The first-order chi connectivity index (χ1) is 11.8. The van der Waals surface area contributed by atoms with Crippen LogP contribution < -0.4 is 4.90 Å². The second-order valence-electron chi connectivity index (χ2n) is 6.69. The van der Waals surface area contributed by atoms with Gasteiger partial charge in [-0.25, -0.2) is 9.97 Å². The van der Waals surface area contributed by atoms with Gasteiger partial charge in [-0.1, -0.05) is 29.8 Å². The molecule has 1 saturated heterocycles. The summed E-state index contributed by atoms with van der Waals surface area (Å²) in [6.07, 6.45) is 3.02. The van der Waals surface area contributed by atoms with E-state index >= 15 is 0 Å². The summed E-state index contributed by atoms with van der Waals surface area (Å²) in [7, 11) is 0. The lowest BCUT2D eigenvalue weighted by atomic mass is 10.1. The monoisotopic (exact) mass is 324 g/mol. The number of aryl methyl sites for hydroxylation is 1. The molecule has 3 heterocycles. The summed E-state index contributed by atoms with van der Waals surface area (Å²) in [5.74, 6) is 0.865. The summed E-state index contributed by atoms with van der Waals surface area (Å²) in [4.78, 5) is 14.1. The molecule has 0 unspecified atom stereocenters. The molecule has 0 saturated carbocycles. The first-order valence-electron chi connectivity index (χ1n) is 8.73. The van der Waals surface area contributed by atoms with Crippen LogP contribution in [0, 0.1) is 6.92 Å². The molecule has 0 atom stereocenters. The van der Waals surface area contributed by atoms with Crippen LogP contribution in [0.2, 0.25) is 0 Å². The Bertz CT molecular complexity index is 712. The second kappa shape index (κ2) is 6.87. The number of hydrogen-bond donors (Lipinski definition) is 0. The molecule has 0 amide bonds. The standard InChI is InChI=1S/C19H24N4O/c1-15-3-2-4-16(11-15)13-22-6-5-18-17(14-22)12-20-19(21-18)23-7-9-24-10-8-23/h2-4,11-12H,5-10,13-14H2,1H3. The van der Waals surface area contributed by atoms with E-state index in [0.29, 0.717) is 0 Å². The lowest BCUT2D eigenvalue weighted by Crippen LogP contribution is -2.38. The molecule has 5 nitrogen and oxygen atoms in total. The van der Waals surface area contributed by atoms with Gasteiger partial charge in [-0.2, -0.15) is 0 Å². The van der Waals surface area contributed by atoms with Crippen molar-refractivity contribution in [2.45, 2.75) is 26.4 Å². The Kier molecular flexibility index (Phi) is 4.45. The van der Waals surface area contributed by atoms with Crippen LogP contribution in [-0.4, -0.2) is 47.7 Å². The summed E-state index contributed by atoms with van der Waals surface area (Å²) < 4.78 is 5.41. The van der Waals surface area contributed by atoms with Crippen molar-refractivity contribution < 1.29 is 4.74 Å². The third-order valence-corrected chi connectivity index (χ3v) is 4.78. The molecule has 24 heavy (non-hydrogen) atoms. The molecule has 0 aliphatic carbocycles. The zero-order valence-corrected chi connectivity index (χ0v) is 14.2. The van der Waals surface area contributed by atoms with Gasteiger partial charge >= 0.3 is 0 Å². The van der Waals surface area contributed by atoms with E-state index in [9.17, 15) is 0 Å². The first kappa shape index (κ1) is 15.5. The first-order valence-corrected chi connectivity index (χ1v) is 8.73. The molecule has 1 aromatic heterocycles. The zero-order valence-electron chi connectivity index (χ0n) is 14.2. The Morgan fingerprint density at radius 1 is 1.17 bits per heavy atom. The summed E-state index contributed by atoms with van der Waals surface area (Å²) in [6, 6.07) is 8.77. The Balaban J connectivity index is 1.45.